The molecule has 1 aromatic carbocycles. The van der Waals surface area contributed by atoms with E-state index in [-0.39, 0.29) is 5.97 Å². The third-order valence-corrected chi connectivity index (χ3v) is 2.43. The molecule has 0 saturated heterocycles. The summed E-state index contributed by atoms with van der Waals surface area (Å²) in [6.07, 6.45) is 0. The number of aromatic nitrogens is 1. The van der Waals surface area contributed by atoms with Gasteiger partial charge < -0.3 is 4.74 Å². The zero-order valence-electron chi connectivity index (χ0n) is 6.90. The molecule has 2 rings (SSSR count). The lowest BCUT2D eigenvalue weighted by atomic mass is 10.2. The molecule has 0 fully saturated rings. The second-order valence-electron chi connectivity index (χ2n) is 2.48. The van der Waals surface area contributed by atoms with Crippen molar-refractivity contribution in [2.45, 2.75) is 0 Å². The monoisotopic (exact) mass is 192 g/mol. The maximum atomic E-state index is 11.1. The van der Waals surface area contributed by atoms with Crippen molar-refractivity contribution < 1.29 is 9.53 Å². The number of carbonyl (C=O) groups is 1. The van der Waals surface area contributed by atoms with Gasteiger partial charge >= 0.3 is 5.97 Å². The number of thiazole rings is 1. The highest BCUT2D eigenvalue weighted by Gasteiger charge is 2.06. The molecule has 0 N–H and O–H groups in total. The molecule has 0 saturated carbocycles. The molecule has 13 heavy (non-hydrogen) atoms. The van der Waals surface area contributed by atoms with E-state index in [1.54, 1.807) is 18.2 Å². The van der Waals surface area contributed by atoms with Crippen molar-refractivity contribution in [3.63, 3.8) is 0 Å². The Morgan fingerprint density at radius 3 is 3.23 bits per heavy atom. The van der Waals surface area contributed by atoms with Crippen molar-refractivity contribution in [3.05, 3.63) is 29.3 Å². The summed E-state index contributed by atoms with van der Waals surface area (Å²) in [6.45, 7) is 0. The van der Waals surface area contributed by atoms with Crippen molar-refractivity contribution >= 4 is 27.5 Å². The summed E-state index contributed by atoms with van der Waals surface area (Å²) in [5, 5.41) is 0. The second-order valence-corrected chi connectivity index (χ2v) is 3.31. The molecule has 0 spiro atoms. The Hall–Kier alpha value is -1.42. The lowest BCUT2D eigenvalue weighted by Crippen LogP contribution is -1.99. The van der Waals surface area contributed by atoms with Crippen molar-refractivity contribution in [1.82, 2.24) is 4.98 Å². The largest absolute Gasteiger partial charge is 0.465 e. The number of nitrogens with zero attached hydrogens (tertiary/aromatic N) is 1. The van der Waals surface area contributed by atoms with Gasteiger partial charge in [0, 0.05) is 0 Å². The van der Waals surface area contributed by atoms with E-state index in [9.17, 15) is 4.79 Å². The van der Waals surface area contributed by atoms with Gasteiger partial charge in [0.25, 0.3) is 0 Å². The molecule has 3 nitrogen and oxygen atoms in total. The Morgan fingerprint density at radius 2 is 2.46 bits per heavy atom. The van der Waals surface area contributed by atoms with Gasteiger partial charge in [-0.25, -0.2) is 9.78 Å². The van der Waals surface area contributed by atoms with Gasteiger partial charge in [-0.1, -0.05) is 0 Å². The minimum atomic E-state index is -0.324. The Labute approximate surface area is 79.0 Å². The predicted molar refractivity (Wildman–Crippen MR) is 49.8 cm³/mol. The number of methoxy groups -OCH3 is 1. The maximum Gasteiger partial charge on any atom is 0.337 e. The number of rotatable bonds is 1. The van der Waals surface area contributed by atoms with Crippen LogP contribution in [0.5, 0.6) is 0 Å². The van der Waals surface area contributed by atoms with Gasteiger partial charge in [0.2, 0.25) is 0 Å². The highest BCUT2D eigenvalue weighted by molar-refractivity contribution is 7.16. The Morgan fingerprint density at radius 1 is 1.62 bits per heavy atom. The minimum absolute atomic E-state index is 0.324. The van der Waals surface area contributed by atoms with Crippen LogP contribution in [0.2, 0.25) is 0 Å². The third kappa shape index (κ3) is 1.40. The first-order valence-corrected chi connectivity index (χ1v) is 4.48. The van der Waals surface area contributed by atoms with Crippen molar-refractivity contribution in [3.8, 4) is 0 Å². The van der Waals surface area contributed by atoms with Crippen LogP contribution in [-0.4, -0.2) is 18.1 Å². The summed E-state index contributed by atoms with van der Waals surface area (Å²) in [4.78, 5) is 15.1. The summed E-state index contributed by atoms with van der Waals surface area (Å²) in [6, 6.07) is 5.24. The number of benzene rings is 1. The number of fused-ring (bicyclic) bond motifs is 1. The van der Waals surface area contributed by atoms with E-state index in [1.165, 1.54) is 18.4 Å². The lowest BCUT2D eigenvalue weighted by Gasteiger charge is -1.97. The van der Waals surface area contributed by atoms with Gasteiger partial charge in [-0.2, -0.15) is 0 Å². The number of hydrogen-bond donors (Lipinski definition) is 0. The molecule has 0 bridgehead atoms. The van der Waals surface area contributed by atoms with Crippen LogP contribution in [0.4, 0.5) is 0 Å². The molecule has 0 aliphatic carbocycles. The molecule has 0 unspecified atom stereocenters. The standard InChI is InChI=1S/C9H6NO2S/c1-12-9(11)6-2-3-7-8(4-6)13-5-10-7/h2-4H,1H3. The molecule has 0 amide bonds. The smallest absolute Gasteiger partial charge is 0.337 e. The fourth-order valence-electron chi connectivity index (χ4n) is 1.05. The van der Waals surface area contributed by atoms with Gasteiger partial charge in [-0.3, -0.25) is 0 Å². The third-order valence-electron chi connectivity index (χ3n) is 1.70. The van der Waals surface area contributed by atoms with Crippen molar-refractivity contribution in [1.29, 1.82) is 0 Å². The SMILES string of the molecule is COC(=O)c1ccc2n[c]sc2c1. The molecule has 4 heteroatoms. The number of hydrogen-bond acceptors (Lipinski definition) is 4. The summed E-state index contributed by atoms with van der Waals surface area (Å²) < 4.78 is 5.54. The molecular weight excluding hydrogens is 186 g/mol. The average Bonchev–Trinajstić information content (AvgIpc) is 2.63. The van der Waals surface area contributed by atoms with Gasteiger partial charge in [0.15, 0.2) is 5.51 Å². The first-order chi connectivity index (χ1) is 6.31. The zero-order chi connectivity index (χ0) is 9.26. The van der Waals surface area contributed by atoms with E-state index < -0.39 is 0 Å². The molecular formula is C9H6NO2S. The van der Waals surface area contributed by atoms with Crippen molar-refractivity contribution in [2.75, 3.05) is 7.11 Å². The van der Waals surface area contributed by atoms with Gasteiger partial charge in [0.1, 0.15) is 0 Å². The van der Waals surface area contributed by atoms with E-state index in [1.807, 2.05) is 0 Å². The first kappa shape index (κ1) is 8.19. The lowest BCUT2D eigenvalue weighted by molar-refractivity contribution is 0.0601. The minimum Gasteiger partial charge on any atom is -0.465 e. The van der Waals surface area contributed by atoms with Gasteiger partial charge in [-0.15, -0.1) is 11.3 Å². The maximum absolute atomic E-state index is 11.1. The van der Waals surface area contributed by atoms with Crippen LogP contribution >= 0.6 is 11.3 Å². The fourth-order valence-corrected chi connectivity index (χ4v) is 1.70. The van der Waals surface area contributed by atoms with E-state index in [2.05, 4.69) is 15.2 Å². The molecule has 0 aliphatic rings. The van der Waals surface area contributed by atoms with Crippen LogP contribution in [0, 0.1) is 5.51 Å². The summed E-state index contributed by atoms with van der Waals surface area (Å²) in [7, 11) is 1.37. The average molecular weight is 192 g/mol. The molecule has 1 aromatic heterocycles. The normalized spacial score (nSPS) is 10.2. The molecule has 65 valence electrons. The van der Waals surface area contributed by atoms with Crippen LogP contribution in [0.25, 0.3) is 10.2 Å². The molecule has 1 radical (unpaired) electrons. The van der Waals surface area contributed by atoms with Crippen LogP contribution in [0.15, 0.2) is 18.2 Å². The van der Waals surface area contributed by atoms with Gasteiger partial charge in [0.05, 0.1) is 22.9 Å². The topological polar surface area (TPSA) is 39.2 Å². The fraction of sp³-hybridized carbons (Fsp3) is 0.111. The highest BCUT2D eigenvalue weighted by Crippen LogP contribution is 2.18. The van der Waals surface area contributed by atoms with E-state index in [4.69, 9.17) is 0 Å². The Bertz CT molecular complexity index is 450. The van der Waals surface area contributed by atoms with Crippen LogP contribution < -0.4 is 0 Å². The first-order valence-electron chi connectivity index (χ1n) is 3.66. The molecule has 2 aromatic rings. The molecule has 0 aliphatic heterocycles. The quantitative estimate of drug-likeness (QED) is 0.647. The second kappa shape index (κ2) is 3.14. The van der Waals surface area contributed by atoms with Crippen molar-refractivity contribution in [2.24, 2.45) is 0 Å². The summed E-state index contributed by atoms with van der Waals surface area (Å²) in [5.41, 5.74) is 4.17. The van der Waals surface area contributed by atoms with Crippen LogP contribution in [0.1, 0.15) is 10.4 Å². The Balaban J connectivity index is 2.54. The van der Waals surface area contributed by atoms with E-state index >= 15 is 0 Å². The van der Waals surface area contributed by atoms with Crippen LogP contribution in [0.3, 0.4) is 0 Å². The van der Waals surface area contributed by atoms with E-state index in [0.717, 1.165) is 10.2 Å². The molecule has 0 atom stereocenters. The summed E-state index contributed by atoms with van der Waals surface area (Å²) >= 11 is 1.39. The molecule has 1 heterocycles. The number of esters is 1. The predicted octanol–water partition coefficient (Wildman–Crippen LogP) is 1.88. The number of carbonyl (C=O) groups excluding carboxylic acids is 1. The van der Waals surface area contributed by atoms with Gasteiger partial charge in [-0.05, 0) is 18.2 Å². The number of ether oxygens (including phenoxy) is 1. The summed E-state index contributed by atoms with van der Waals surface area (Å²) in [5.74, 6) is -0.324. The zero-order valence-corrected chi connectivity index (χ0v) is 7.72. The van der Waals surface area contributed by atoms with Crippen LogP contribution in [-0.2, 0) is 4.74 Å². The Kier molecular flexibility index (Phi) is 1.98. The van der Waals surface area contributed by atoms with E-state index in [0.29, 0.717) is 5.56 Å². The highest BCUT2D eigenvalue weighted by atomic mass is 32.1.